The highest BCUT2D eigenvalue weighted by molar-refractivity contribution is 5.81. The molecule has 0 spiro atoms. The zero-order valence-electron chi connectivity index (χ0n) is 11.5. The SMILES string of the molecule is COCCNC(=O)CN(C)c1cc(N)cc([N+](=O)[O-])c1. The Labute approximate surface area is 116 Å². The molecule has 1 aromatic carbocycles. The van der Waals surface area contributed by atoms with Crippen molar-refractivity contribution in [1.82, 2.24) is 5.32 Å². The van der Waals surface area contributed by atoms with Crippen LogP contribution in [0.4, 0.5) is 17.1 Å². The lowest BCUT2D eigenvalue weighted by atomic mass is 10.2. The number of rotatable bonds is 7. The zero-order valence-corrected chi connectivity index (χ0v) is 11.5. The monoisotopic (exact) mass is 282 g/mol. The van der Waals surface area contributed by atoms with Crippen LogP contribution in [0.2, 0.25) is 0 Å². The highest BCUT2D eigenvalue weighted by atomic mass is 16.6. The number of nitro benzene ring substituents is 1. The molecular weight excluding hydrogens is 264 g/mol. The molecule has 0 aliphatic heterocycles. The van der Waals surface area contributed by atoms with Crippen molar-refractivity contribution < 1.29 is 14.5 Å². The summed E-state index contributed by atoms with van der Waals surface area (Å²) >= 11 is 0. The van der Waals surface area contributed by atoms with Crippen LogP contribution in [0.15, 0.2) is 18.2 Å². The lowest BCUT2D eigenvalue weighted by molar-refractivity contribution is -0.384. The number of ether oxygens (including phenoxy) is 1. The summed E-state index contributed by atoms with van der Waals surface area (Å²) in [4.78, 5) is 23.5. The predicted molar refractivity (Wildman–Crippen MR) is 75.7 cm³/mol. The molecule has 0 saturated carbocycles. The summed E-state index contributed by atoms with van der Waals surface area (Å²) in [7, 11) is 3.21. The maximum atomic E-state index is 11.6. The Balaban J connectivity index is 2.69. The number of anilines is 2. The molecule has 0 radical (unpaired) electrons. The van der Waals surface area contributed by atoms with Crippen LogP contribution < -0.4 is 16.0 Å². The molecule has 8 heteroatoms. The number of non-ortho nitro benzene ring substituents is 1. The van der Waals surface area contributed by atoms with Gasteiger partial charge in [-0.3, -0.25) is 14.9 Å². The van der Waals surface area contributed by atoms with E-state index in [1.807, 2.05) is 0 Å². The Bertz CT molecular complexity index is 492. The molecule has 0 unspecified atom stereocenters. The number of hydrogen-bond donors (Lipinski definition) is 2. The zero-order chi connectivity index (χ0) is 15.1. The summed E-state index contributed by atoms with van der Waals surface area (Å²) in [5.41, 5.74) is 6.30. The predicted octanol–water partition coefficient (Wildman–Crippen LogP) is 0.376. The molecule has 0 aliphatic carbocycles. The van der Waals surface area contributed by atoms with Crippen LogP contribution in [0.3, 0.4) is 0 Å². The lowest BCUT2D eigenvalue weighted by Crippen LogP contribution is -2.36. The highest BCUT2D eigenvalue weighted by Gasteiger charge is 2.13. The molecule has 1 amide bonds. The van der Waals surface area contributed by atoms with E-state index < -0.39 is 4.92 Å². The van der Waals surface area contributed by atoms with E-state index in [4.69, 9.17) is 10.5 Å². The molecule has 1 aromatic rings. The minimum Gasteiger partial charge on any atom is -0.398 e. The molecule has 0 heterocycles. The number of nitrogens with two attached hydrogens (primary N) is 1. The van der Waals surface area contributed by atoms with E-state index in [9.17, 15) is 14.9 Å². The molecule has 0 aliphatic rings. The number of carbonyl (C=O) groups is 1. The molecule has 8 nitrogen and oxygen atoms in total. The van der Waals surface area contributed by atoms with Gasteiger partial charge in [0, 0.05) is 44.2 Å². The summed E-state index contributed by atoms with van der Waals surface area (Å²) < 4.78 is 4.82. The topological polar surface area (TPSA) is 111 Å². The third-order valence-corrected chi connectivity index (χ3v) is 2.59. The van der Waals surface area contributed by atoms with Gasteiger partial charge in [0.05, 0.1) is 18.1 Å². The average molecular weight is 282 g/mol. The average Bonchev–Trinajstić information content (AvgIpc) is 2.38. The van der Waals surface area contributed by atoms with Crippen molar-refractivity contribution in [2.75, 3.05) is 44.5 Å². The molecular formula is C12H18N4O4. The van der Waals surface area contributed by atoms with Crippen molar-refractivity contribution in [3.8, 4) is 0 Å². The van der Waals surface area contributed by atoms with E-state index >= 15 is 0 Å². The Kier molecular flexibility index (Phi) is 5.73. The van der Waals surface area contributed by atoms with Gasteiger partial charge in [0.2, 0.25) is 5.91 Å². The van der Waals surface area contributed by atoms with Gasteiger partial charge in [-0.05, 0) is 6.07 Å². The fourth-order valence-corrected chi connectivity index (χ4v) is 1.60. The van der Waals surface area contributed by atoms with E-state index in [2.05, 4.69) is 5.32 Å². The summed E-state index contributed by atoms with van der Waals surface area (Å²) in [6, 6.07) is 4.23. The van der Waals surface area contributed by atoms with Gasteiger partial charge >= 0.3 is 0 Å². The molecule has 0 aromatic heterocycles. The molecule has 3 N–H and O–H groups in total. The third kappa shape index (κ3) is 4.73. The Morgan fingerprint density at radius 3 is 2.80 bits per heavy atom. The minimum atomic E-state index is -0.521. The van der Waals surface area contributed by atoms with E-state index in [0.29, 0.717) is 18.8 Å². The second-order valence-electron chi connectivity index (χ2n) is 4.24. The molecule has 0 atom stereocenters. The Morgan fingerprint density at radius 2 is 2.20 bits per heavy atom. The smallest absolute Gasteiger partial charge is 0.273 e. The van der Waals surface area contributed by atoms with E-state index in [1.54, 1.807) is 25.1 Å². The molecule has 0 saturated heterocycles. The fourth-order valence-electron chi connectivity index (χ4n) is 1.60. The van der Waals surface area contributed by atoms with Gasteiger partial charge in [-0.1, -0.05) is 0 Å². The second kappa shape index (κ2) is 7.29. The lowest BCUT2D eigenvalue weighted by Gasteiger charge is -2.19. The van der Waals surface area contributed by atoms with Crippen molar-refractivity contribution in [2.45, 2.75) is 0 Å². The Morgan fingerprint density at radius 1 is 1.50 bits per heavy atom. The number of likely N-dealkylation sites (N-methyl/N-ethyl adjacent to an activating group) is 1. The summed E-state index contributed by atoms with van der Waals surface area (Å²) in [5, 5.41) is 13.4. The fraction of sp³-hybridized carbons (Fsp3) is 0.417. The van der Waals surface area contributed by atoms with Crippen LogP contribution in [0.5, 0.6) is 0 Å². The van der Waals surface area contributed by atoms with Gasteiger partial charge in [0.15, 0.2) is 0 Å². The third-order valence-electron chi connectivity index (χ3n) is 2.59. The number of nitrogen functional groups attached to an aromatic ring is 1. The van der Waals surface area contributed by atoms with Crippen LogP contribution >= 0.6 is 0 Å². The van der Waals surface area contributed by atoms with Gasteiger partial charge in [0.25, 0.3) is 5.69 Å². The summed E-state index contributed by atoms with van der Waals surface area (Å²) in [6.45, 7) is 0.920. The summed E-state index contributed by atoms with van der Waals surface area (Å²) in [6.07, 6.45) is 0. The van der Waals surface area contributed by atoms with E-state index in [1.165, 1.54) is 12.1 Å². The number of nitrogens with one attached hydrogen (secondary N) is 1. The maximum Gasteiger partial charge on any atom is 0.273 e. The number of nitro groups is 1. The maximum absolute atomic E-state index is 11.6. The van der Waals surface area contributed by atoms with Crippen molar-refractivity contribution in [3.63, 3.8) is 0 Å². The highest BCUT2D eigenvalue weighted by Crippen LogP contribution is 2.24. The van der Waals surface area contributed by atoms with Gasteiger partial charge in [-0.15, -0.1) is 0 Å². The van der Waals surface area contributed by atoms with E-state index in [-0.39, 0.29) is 23.8 Å². The number of carbonyl (C=O) groups excluding carboxylic acids is 1. The van der Waals surface area contributed by atoms with Crippen LogP contribution in [0, 0.1) is 10.1 Å². The number of hydrogen-bond acceptors (Lipinski definition) is 6. The van der Waals surface area contributed by atoms with E-state index in [0.717, 1.165) is 0 Å². The first-order chi connectivity index (χ1) is 9.43. The summed E-state index contributed by atoms with van der Waals surface area (Å²) in [5.74, 6) is -0.199. The molecule has 110 valence electrons. The standard InChI is InChI=1S/C12H18N4O4/c1-15(8-12(17)14-3-4-20-2)10-5-9(13)6-11(7-10)16(18)19/h5-7H,3-4,8,13H2,1-2H3,(H,14,17). The van der Waals surface area contributed by atoms with Crippen molar-refractivity contribution in [2.24, 2.45) is 0 Å². The second-order valence-corrected chi connectivity index (χ2v) is 4.24. The molecule has 0 bridgehead atoms. The Hall–Kier alpha value is -2.35. The van der Waals surface area contributed by atoms with Crippen LogP contribution in [-0.4, -0.2) is 44.7 Å². The van der Waals surface area contributed by atoms with Gasteiger partial charge in [-0.25, -0.2) is 0 Å². The number of benzene rings is 1. The van der Waals surface area contributed by atoms with Crippen LogP contribution in [-0.2, 0) is 9.53 Å². The normalized spacial score (nSPS) is 10.1. The first-order valence-corrected chi connectivity index (χ1v) is 5.95. The first-order valence-electron chi connectivity index (χ1n) is 5.95. The number of nitrogens with zero attached hydrogens (tertiary/aromatic N) is 2. The minimum absolute atomic E-state index is 0.0737. The van der Waals surface area contributed by atoms with Crippen LogP contribution in [0.1, 0.15) is 0 Å². The van der Waals surface area contributed by atoms with Crippen LogP contribution in [0.25, 0.3) is 0 Å². The van der Waals surface area contributed by atoms with Gasteiger partial charge < -0.3 is 20.7 Å². The first kappa shape index (κ1) is 15.7. The van der Waals surface area contributed by atoms with Gasteiger partial charge in [0.1, 0.15) is 0 Å². The quantitative estimate of drug-likeness (QED) is 0.323. The van der Waals surface area contributed by atoms with Crippen molar-refractivity contribution in [3.05, 3.63) is 28.3 Å². The van der Waals surface area contributed by atoms with Crippen molar-refractivity contribution >= 4 is 23.0 Å². The molecule has 0 fully saturated rings. The molecule has 1 rings (SSSR count). The largest absolute Gasteiger partial charge is 0.398 e. The number of amides is 1. The van der Waals surface area contributed by atoms with Crippen molar-refractivity contribution in [1.29, 1.82) is 0 Å². The molecule has 20 heavy (non-hydrogen) atoms. The van der Waals surface area contributed by atoms with Gasteiger partial charge in [-0.2, -0.15) is 0 Å². The number of methoxy groups -OCH3 is 1.